The van der Waals surface area contributed by atoms with Gasteiger partial charge in [0, 0.05) is 13.1 Å². The van der Waals surface area contributed by atoms with E-state index in [9.17, 15) is 24.4 Å². The smallest absolute Gasteiger partial charge is 0.285 e. The van der Waals surface area contributed by atoms with E-state index >= 15 is 0 Å². The van der Waals surface area contributed by atoms with E-state index in [0.29, 0.717) is 19.4 Å². The van der Waals surface area contributed by atoms with Crippen LogP contribution in [0.4, 0.5) is 10.1 Å². The van der Waals surface area contributed by atoms with Gasteiger partial charge in [-0.15, -0.1) is 0 Å². The first-order chi connectivity index (χ1) is 8.99. The molecule has 1 atom stereocenters. The summed E-state index contributed by atoms with van der Waals surface area (Å²) < 4.78 is 13.0. The minimum atomic E-state index is -0.781. The van der Waals surface area contributed by atoms with E-state index < -0.39 is 28.4 Å². The van der Waals surface area contributed by atoms with Gasteiger partial charge in [0.2, 0.25) is 0 Å². The highest BCUT2D eigenvalue weighted by Gasteiger charge is 2.28. The number of benzene rings is 1. The first-order valence-corrected chi connectivity index (χ1v) is 5.90. The minimum Gasteiger partial charge on any atom is -0.391 e. The number of nitro groups is 1. The van der Waals surface area contributed by atoms with Gasteiger partial charge in [0.25, 0.3) is 11.6 Å². The summed E-state index contributed by atoms with van der Waals surface area (Å²) in [5, 5.41) is 20.4. The molecule has 1 amide bonds. The number of rotatable bonds is 2. The zero-order valence-electron chi connectivity index (χ0n) is 10.1. The normalized spacial score (nSPS) is 19.3. The van der Waals surface area contributed by atoms with Gasteiger partial charge in [-0.05, 0) is 25.0 Å². The summed E-state index contributed by atoms with van der Waals surface area (Å²) in [6.07, 6.45) is 0.634. The number of amides is 1. The van der Waals surface area contributed by atoms with Crippen molar-refractivity contribution in [1.29, 1.82) is 0 Å². The molecule has 1 aromatic rings. The largest absolute Gasteiger partial charge is 0.391 e. The van der Waals surface area contributed by atoms with Crippen LogP contribution in [0.3, 0.4) is 0 Å². The standard InChI is InChI=1S/C12H13FN2O4/c13-8-3-4-10(11(6-8)15(18)19)12(17)14-5-1-2-9(16)7-14/h3-4,6,9,16H,1-2,5,7H2. The SMILES string of the molecule is O=C(c1ccc(F)cc1[N+](=O)[O-])N1CCCC(O)C1. The number of likely N-dealkylation sites (tertiary alicyclic amines) is 1. The zero-order chi connectivity index (χ0) is 14.0. The Morgan fingerprint density at radius 1 is 1.53 bits per heavy atom. The fraction of sp³-hybridized carbons (Fsp3) is 0.417. The molecule has 1 unspecified atom stereocenters. The molecule has 2 rings (SSSR count). The number of hydrogen-bond acceptors (Lipinski definition) is 4. The number of halogens is 1. The van der Waals surface area contributed by atoms with E-state index in [2.05, 4.69) is 0 Å². The van der Waals surface area contributed by atoms with E-state index in [1.165, 1.54) is 4.90 Å². The van der Waals surface area contributed by atoms with Gasteiger partial charge < -0.3 is 10.0 Å². The molecular formula is C12H13FN2O4. The number of carbonyl (C=O) groups excluding carboxylic acids is 1. The lowest BCUT2D eigenvalue weighted by Crippen LogP contribution is -2.42. The fourth-order valence-corrected chi connectivity index (χ4v) is 2.15. The quantitative estimate of drug-likeness (QED) is 0.648. The van der Waals surface area contributed by atoms with Gasteiger partial charge in [-0.2, -0.15) is 0 Å². The average Bonchev–Trinajstić information content (AvgIpc) is 2.37. The summed E-state index contributed by atoms with van der Waals surface area (Å²) in [4.78, 5) is 23.6. The molecule has 0 aliphatic carbocycles. The summed E-state index contributed by atoms with van der Waals surface area (Å²) in [6.45, 7) is 0.581. The van der Waals surface area contributed by atoms with Crippen molar-refractivity contribution >= 4 is 11.6 Å². The van der Waals surface area contributed by atoms with Crippen molar-refractivity contribution in [2.24, 2.45) is 0 Å². The van der Waals surface area contributed by atoms with Crippen LogP contribution in [0, 0.1) is 15.9 Å². The summed E-state index contributed by atoms with van der Waals surface area (Å²) in [7, 11) is 0. The van der Waals surface area contributed by atoms with Crippen LogP contribution in [0.5, 0.6) is 0 Å². The molecule has 6 nitrogen and oxygen atoms in total. The van der Waals surface area contributed by atoms with Gasteiger partial charge in [0.1, 0.15) is 11.4 Å². The first kappa shape index (κ1) is 13.4. The summed E-state index contributed by atoms with van der Waals surface area (Å²) in [5.74, 6) is -1.31. The van der Waals surface area contributed by atoms with Crippen molar-refractivity contribution in [3.63, 3.8) is 0 Å². The molecule has 1 aromatic carbocycles. The predicted octanol–water partition coefficient (Wildman–Crippen LogP) is 1.33. The maximum absolute atomic E-state index is 13.0. The number of hydrogen-bond donors (Lipinski definition) is 1. The lowest BCUT2D eigenvalue weighted by molar-refractivity contribution is -0.385. The Morgan fingerprint density at radius 2 is 2.26 bits per heavy atom. The second-order valence-electron chi connectivity index (χ2n) is 4.47. The highest BCUT2D eigenvalue weighted by Crippen LogP contribution is 2.23. The number of aliphatic hydroxyl groups excluding tert-OH is 1. The molecule has 1 N–H and O–H groups in total. The van der Waals surface area contributed by atoms with E-state index in [4.69, 9.17) is 0 Å². The van der Waals surface area contributed by atoms with Crippen LogP contribution in [0.25, 0.3) is 0 Å². The molecule has 1 heterocycles. The van der Waals surface area contributed by atoms with Crippen LogP contribution in [-0.4, -0.2) is 40.0 Å². The van der Waals surface area contributed by atoms with Crippen molar-refractivity contribution in [1.82, 2.24) is 4.90 Å². The number of β-amino-alcohol motifs (C(OH)–C–C–N with tert-alkyl or cyclic N) is 1. The average molecular weight is 268 g/mol. The van der Waals surface area contributed by atoms with Crippen LogP contribution >= 0.6 is 0 Å². The number of piperidine rings is 1. The maximum Gasteiger partial charge on any atom is 0.285 e. The lowest BCUT2D eigenvalue weighted by atomic mass is 10.1. The molecule has 0 spiro atoms. The van der Waals surface area contributed by atoms with Crippen LogP contribution < -0.4 is 0 Å². The summed E-state index contributed by atoms with van der Waals surface area (Å²) in [5.41, 5.74) is -0.703. The Hall–Kier alpha value is -2.02. The molecule has 1 aliphatic heterocycles. The number of nitro benzene ring substituents is 1. The molecule has 0 bridgehead atoms. The Labute approximate surface area is 108 Å². The molecule has 7 heteroatoms. The third kappa shape index (κ3) is 2.87. The molecule has 19 heavy (non-hydrogen) atoms. The fourth-order valence-electron chi connectivity index (χ4n) is 2.15. The van der Waals surface area contributed by atoms with Crippen LogP contribution in [0.15, 0.2) is 18.2 Å². The van der Waals surface area contributed by atoms with Crippen molar-refractivity contribution in [3.05, 3.63) is 39.7 Å². The Kier molecular flexibility index (Phi) is 3.75. The second kappa shape index (κ2) is 5.31. The zero-order valence-corrected chi connectivity index (χ0v) is 10.1. The molecule has 0 radical (unpaired) electrons. The topological polar surface area (TPSA) is 83.7 Å². The molecule has 1 fully saturated rings. The Bertz CT molecular complexity index is 520. The molecule has 1 aliphatic rings. The van der Waals surface area contributed by atoms with Crippen molar-refractivity contribution in [2.75, 3.05) is 13.1 Å². The van der Waals surface area contributed by atoms with E-state index in [1.54, 1.807) is 0 Å². The maximum atomic E-state index is 13.0. The van der Waals surface area contributed by atoms with Crippen LogP contribution in [-0.2, 0) is 0 Å². The van der Waals surface area contributed by atoms with Gasteiger partial charge in [0.15, 0.2) is 0 Å². The van der Waals surface area contributed by atoms with Crippen molar-refractivity contribution in [2.45, 2.75) is 18.9 Å². The Morgan fingerprint density at radius 3 is 2.89 bits per heavy atom. The van der Waals surface area contributed by atoms with Gasteiger partial charge in [-0.1, -0.05) is 0 Å². The van der Waals surface area contributed by atoms with E-state index in [-0.39, 0.29) is 12.1 Å². The van der Waals surface area contributed by atoms with Gasteiger partial charge >= 0.3 is 0 Å². The minimum absolute atomic E-state index is 0.146. The molecule has 1 saturated heterocycles. The highest BCUT2D eigenvalue weighted by atomic mass is 19.1. The summed E-state index contributed by atoms with van der Waals surface area (Å²) >= 11 is 0. The van der Waals surface area contributed by atoms with Crippen molar-refractivity contribution in [3.8, 4) is 0 Å². The van der Waals surface area contributed by atoms with Crippen LogP contribution in [0.2, 0.25) is 0 Å². The molecule has 102 valence electrons. The predicted molar refractivity (Wildman–Crippen MR) is 64.2 cm³/mol. The highest BCUT2D eigenvalue weighted by molar-refractivity contribution is 5.98. The lowest BCUT2D eigenvalue weighted by Gasteiger charge is -2.30. The number of carbonyl (C=O) groups is 1. The molecule has 0 aromatic heterocycles. The van der Waals surface area contributed by atoms with Gasteiger partial charge in [-0.3, -0.25) is 14.9 Å². The summed E-state index contributed by atoms with van der Waals surface area (Å²) in [6, 6.07) is 2.85. The third-order valence-corrected chi connectivity index (χ3v) is 3.07. The second-order valence-corrected chi connectivity index (χ2v) is 4.47. The van der Waals surface area contributed by atoms with E-state index in [0.717, 1.165) is 18.2 Å². The Balaban J connectivity index is 2.30. The van der Waals surface area contributed by atoms with Crippen molar-refractivity contribution < 1.29 is 19.2 Å². The van der Waals surface area contributed by atoms with Gasteiger partial charge in [-0.25, -0.2) is 4.39 Å². The van der Waals surface area contributed by atoms with E-state index in [1.807, 2.05) is 0 Å². The monoisotopic (exact) mass is 268 g/mol. The van der Waals surface area contributed by atoms with Crippen LogP contribution in [0.1, 0.15) is 23.2 Å². The van der Waals surface area contributed by atoms with Gasteiger partial charge in [0.05, 0.1) is 17.1 Å². The molecular weight excluding hydrogens is 255 g/mol. The number of nitrogens with zero attached hydrogens (tertiary/aromatic N) is 2. The third-order valence-electron chi connectivity index (χ3n) is 3.07. The molecule has 0 saturated carbocycles. The number of aliphatic hydroxyl groups is 1. The first-order valence-electron chi connectivity index (χ1n) is 5.90.